The molecule has 0 saturated heterocycles. The van der Waals surface area contributed by atoms with Crippen LogP contribution >= 0.6 is 16.4 Å². The molecular weight excluding hydrogens is 1790 g/mol. The second-order valence-electron chi connectivity index (χ2n) is 42.4. The first-order chi connectivity index (χ1) is 70.2. The minimum atomic E-state index is -1.80. The van der Waals surface area contributed by atoms with Gasteiger partial charge in [-0.1, -0.05) is 250 Å². The molecule has 708 valence electrons. The van der Waals surface area contributed by atoms with Crippen LogP contribution < -0.4 is 0 Å². The summed E-state index contributed by atoms with van der Waals surface area (Å²) in [6.45, 7) is 50.7. The molecule has 9 heteroatoms. The summed E-state index contributed by atoms with van der Waals surface area (Å²) >= 11 is 0. The van der Waals surface area contributed by atoms with Gasteiger partial charge in [0.1, 0.15) is 11.0 Å². The molecule has 0 aliphatic carbocycles. The van der Waals surface area contributed by atoms with Gasteiger partial charge in [0.25, 0.3) is 0 Å². The van der Waals surface area contributed by atoms with Gasteiger partial charge in [0.15, 0.2) is 0 Å². The number of para-hydroxylation sites is 2. The Morgan fingerprint density at radius 1 is 0.255 bits per heavy atom. The van der Waals surface area contributed by atoms with Crippen molar-refractivity contribution >= 4 is 234 Å². The summed E-state index contributed by atoms with van der Waals surface area (Å²) in [6, 6.07) is 126. The van der Waals surface area contributed by atoms with Gasteiger partial charge >= 0.3 is 395 Å². The van der Waals surface area contributed by atoms with Gasteiger partial charge in [0, 0.05) is 58.9 Å². The van der Waals surface area contributed by atoms with Gasteiger partial charge in [-0.3, -0.25) is 0 Å². The van der Waals surface area contributed by atoms with E-state index in [4.69, 9.17) is 9.97 Å². The Morgan fingerprint density at radius 2 is 0.552 bits per heavy atom. The van der Waals surface area contributed by atoms with Gasteiger partial charge < -0.3 is 0 Å². The van der Waals surface area contributed by atoms with Crippen molar-refractivity contribution in [3.8, 4) is 47.0 Å². The maximum atomic E-state index is 5.14. The molecule has 0 atom stereocenters. The molecule has 16 aromatic carbocycles. The van der Waals surface area contributed by atoms with E-state index in [1.807, 2.05) is 24.3 Å². The van der Waals surface area contributed by atoms with E-state index >= 15 is 0 Å². The van der Waals surface area contributed by atoms with Crippen LogP contribution in [0.1, 0.15) is 185 Å². The maximum absolute atomic E-state index is 5.14. The van der Waals surface area contributed by atoms with Crippen molar-refractivity contribution in [1.29, 1.82) is 0 Å². The van der Waals surface area contributed by atoms with Crippen LogP contribution in [0.2, 0.25) is 16.6 Å². The Balaban J connectivity index is 0.000000117. The summed E-state index contributed by atoms with van der Waals surface area (Å²) in [5.41, 5.74) is 14.0. The standard InChI is InChI=1S/C34H38N2.C28H31BSi.C28H29P.C20H12B2.C13H9B.C13H9P/c1-7-33(8-2,9-3)23-21-27-25-17-13-14-18-26(25)28(22-24-34(10-4,11-5)12-6)32-31(27)35-29-19-15-16-20-30(29)36-32;1-19(2)30(20(3)4,21(5)6)16-15-25-24-13-9-7-11-22(24)18-28-26(25)17-23-12-8-10-14-27(23)29-28;1-27(2,3)26(28(4,5)6)16-15-22-21-13-9-7-11-19(21)18-25-23(22)17-20-12-8-10-14-24(20)29-25;1-3-7-17-13(5-1)9-15-11-16-10-14-6-2-4-8-18(14)22-20(16)12-19(15)21-17;2*1-3-7-12-10(5-1)9-11-6-2-4-8-13(11)14-12/h13-20H,7-12H2,1-6H3;7-14,17-21H,1-6H3;7-14,17-18,26H,1-6H3;1-12H;2*1-9H. The second-order valence-corrected chi connectivity index (χ2v) is 50.4. The minimum absolute atomic E-state index is 0.0131. The van der Waals surface area contributed by atoms with Crippen LogP contribution in [-0.4, -0.2) is 45.7 Å². The molecule has 0 fully saturated rings. The number of rotatable bonds is 9. The van der Waals surface area contributed by atoms with Crippen LogP contribution in [0.5, 0.6) is 0 Å². The van der Waals surface area contributed by atoms with Gasteiger partial charge in [-0.2, -0.15) is 0 Å². The number of nitrogens with zero attached hydrogens (tertiary/aromatic N) is 2. The van der Waals surface area contributed by atoms with E-state index in [9.17, 15) is 0 Å². The fraction of sp³-hybridized carbons (Fsp3) is 0.235. The molecular formula is C136H128B4N2P2Si. The van der Waals surface area contributed by atoms with Gasteiger partial charge in [-0.05, 0) is 125 Å². The molecule has 7 aromatic heterocycles. The van der Waals surface area contributed by atoms with Crippen LogP contribution in [0.4, 0.5) is 0 Å². The van der Waals surface area contributed by atoms with Crippen molar-refractivity contribution in [1.82, 2.24) is 9.97 Å². The first-order valence-electron chi connectivity index (χ1n) is 52.4. The fourth-order valence-electron chi connectivity index (χ4n) is 22.3. The fourth-order valence-corrected chi connectivity index (χ4v) is 29.8. The molecule has 23 rings (SSSR count). The maximum Gasteiger partial charge on any atom is 0.00963 e. The predicted octanol–water partition coefficient (Wildman–Crippen LogP) is 38.8. The molecule has 0 saturated carbocycles. The van der Waals surface area contributed by atoms with Crippen molar-refractivity contribution < 1.29 is 0 Å². The Morgan fingerprint density at radius 3 is 0.952 bits per heavy atom. The van der Waals surface area contributed by atoms with Crippen LogP contribution in [0.15, 0.2) is 352 Å². The largest absolute Gasteiger partial charge is 0.0616 e. The van der Waals surface area contributed by atoms with E-state index in [-0.39, 0.29) is 21.7 Å². The summed E-state index contributed by atoms with van der Waals surface area (Å²) in [4.78, 5) is 10.3. The van der Waals surface area contributed by atoms with E-state index in [2.05, 4.69) is 527 Å². The summed E-state index contributed by atoms with van der Waals surface area (Å²) in [7, 11) is 0.802. The van der Waals surface area contributed by atoms with Crippen LogP contribution in [0, 0.1) is 74.6 Å². The summed E-state index contributed by atoms with van der Waals surface area (Å²) in [6.07, 6.45) is 6.22. The smallest absolute Gasteiger partial charge is 0.00963 e. The van der Waals surface area contributed by atoms with Crippen molar-refractivity contribution in [2.75, 3.05) is 0 Å². The summed E-state index contributed by atoms with van der Waals surface area (Å²) < 4.78 is 0. The Labute approximate surface area is 865 Å². The van der Waals surface area contributed by atoms with E-state index in [1.54, 1.807) is 0 Å². The molecule has 7 heterocycles. The molecule has 0 aliphatic heterocycles. The molecule has 0 radical (unpaired) electrons. The third-order valence-electron chi connectivity index (χ3n) is 30.7. The average molecular weight is 1920 g/mol. The molecule has 0 amide bonds. The van der Waals surface area contributed by atoms with Gasteiger partial charge in [0.05, 0.1) is 22.2 Å². The Kier molecular flexibility index (Phi) is 30.9. The van der Waals surface area contributed by atoms with E-state index in [1.165, 1.54) is 176 Å². The van der Waals surface area contributed by atoms with Gasteiger partial charge in [0.2, 0.25) is 0 Å². The van der Waals surface area contributed by atoms with Crippen LogP contribution in [0.3, 0.4) is 0 Å². The SMILES string of the molecule is CC(C)(C)C(C#Cc1c2ccccc2cc2pc3ccccc3cc12)C(C)(C)C.CC(C)[Si](C#Cc1c2cc3ccccc3bc2cc2ccccc12)(C(C)C)C(C)C.CCC(C#Cc1c2ccccc2c(C#CC(CC)(CC)CC)c2nc3ccccc3nc12)(CC)CC.b1c2ccccc2cc2cc3cc4ccccc4bc3cc12.b1c2ccccc2cc2ccccc12.c1ccc2pc3ccccc3cc2c1. The normalized spacial score (nSPS) is 11.8. The van der Waals surface area contributed by atoms with Crippen molar-refractivity contribution in [3.05, 3.63) is 374 Å². The summed E-state index contributed by atoms with van der Waals surface area (Å²) in [5.74, 6) is 26.1. The molecule has 2 nitrogen and oxygen atoms in total. The quantitative estimate of drug-likeness (QED) is 0.0818. The molecule has 0 unspecified atom stereocenters. The second kappa shape index (κ2) is 44.2. The Bertz CT molecular complexity index is 8450. The van der Waals surface area contributed by atoms with Crippen molar-refractivity contribution in [2.45, 2.75) is 180 Å². The first kappa shape index (κ1) is 101. The monoisotopic (exact) mass is 1920 g/mol. The third-order valence-corrected chi connectivity index (χ3v) is 39.5. The van der Waals surface area contributed by atoms with Crippen LogP contribution in [0.25, 0.3) is 182 Å². The predicted molar refractivity (Wildman–Crippen MR) is 650 cm³/mol. The first-order valence-corrected chi connectivity index (χ1v) is 56.4. The molecule has 145 heavy (non-hydrogen) atoms. The number of benzene rings is 16. The van der Waals surface area contributed by atoms with Crippen molar-refractivity contribution in [2.24, 2.45) is 27.6 Å². The summed E-state index contributed by atoms with van der Waals surface area (Å²) in [5, 5.41) is 39.0. The molecule has 0 spiro atoms. The number of fused-ring (bicyclic) bond motifs is 17. The van der Waals surface area contributed by atoms with Gasteiger partial charge in [-0.25, -0.2) is 9.97 Å². The van der Waals surface area contributed by atoms with Crippen LogP contribution in [-0.2, 0) is 0 Å². The number of hydrogen-bond donors (Lipinski definition) is 0. The Hall–Kier alpha value is -13.6. The minimum Gasteiger partial charge on any atom is -0.0616 e. The average Bonchev–Trinajstić information content (AvgIpc) is 0.730. The molecule has 23 aromatic rings. The van der Waals surface area contributed by atoms with E-state index < -0.39 is 8.07 Å². The zero-order valence-corrected chi connectivity index (χ0v) is 90.4. The number of hydrogen-bond acceptors (Lipinski definition) is 2. The topological polar surface area (TPSA) is 25.8 Å². The molecule has 0 aliphatic rings. The molecule has 0 bridgehead atoms. The van der Waals surface area contributed by atoms with E-state index in [0.717, 1.165) is 82.5 Å². The zero-order chi connectivity index (χ0) is 101. The third kappa shape index (κ3) is 21.9. The van der Waals surface area contributed by atoms with E-state index in [0.29, 0.717) is 22.5 Å². The van der Waals surface area contributed by atoms with Gasteiger partial charge in [-0.15, -0.1) is 0 Å². The molecule has 0 N–H and O–H groups in total. The zero-order valence-electron chi connectivity index (χ0n) is 87.6. The number of aromatic nitrogens is 2. The van der Waals surface area contributed by atoms with Crippen molar-refractivity contribution in [3.63, 3.8) is 0 Å².